The van der Waals surface area contributed by atoms with Crippen LogP contribution in [0.5, 0.6) is 0 Å². The van der Waals surface area contributed by atoms with E-state index in [9.17, 15) is 19.7 Å². The number of H-pyrrole nitrogens is 1. The lowest BCUT2D eigenvalue weighted by Crippen LogP contribution is -2.26. The summed E-state index contributed by atoms with van der Waals surface area (Å²) in [6.45, 7) is 1.77. The van der Waals surface area contributed by atoms with Gasteiger partial charge in [-0.1, -0.05) is 18.2 Å². The number of benzene rings is 1. The van der Waals surface area contributed by atoms with Crippen molar-refractivity contribution in [2.24, 2.45) is 0 Å². The highest BCUT2D eigenvalue weighted by atomic mass is 16.6. The van der Waals surface area contributed by atoms with Crippen LogP contribution < -0.4 is 10.9 Å². The number of nitrogens with zero attached hydrogens (tertiary/aromatic N) is 1. The van der Waals surface area contributed by atoms with Crippen LogP contribution in [0.1, 0.15) is 21.6 Å². The predicted octanol–water partition coefficient (Wildman–Crippen LogP) is 1.52. The highest BCUT2D eigenvalue weighted by molar-refractivity contribution is 5.92. The van der Waals surface area contributed by atoms with Crippen molar-refractivity contribution in [1.29, 1.82) is 0 Å². The van der Waals surface area contributed by atoms with Gasteiger partial charge in [-0.2, -0.15) is 0 Å². The first-order chi connectivity index (χ1) is 9.99. The molecule has 1 heterocycles. The Bertz CT molecular complexity index is 752. The van der Waals surface area contributed by atoms with E-state index < -0.39 is 10.8 Å². The number of aromatic amines is 1. The summed E-state index contributed by atoms with van der Waals surface area (Å²) in [4.78, 5) is 35.8. The fraction of sp³-hybridized carbons (Fsp3) is 0.143. The number of aromatic nitrogens is 1. The average molecular weight is 287 g/mol. The Kier molecular flexibility index (Phi) is 4.13. The lowest BCUT2D eigenvalue weighted by atomic mass is 10.1. The van der Waals surface area contributed by atoms with Crippen molar-refractivity contribution in [3.63, 3.8) is 0 Å². The number of carbonyl (C=O) groups excluding carboxylic acids is 1. The largest absolute Gasteiger partial charge is 0.347 e. The van der Waals surface area contributed by atoms with Crippen molar-refractivity contribution >= 4 is 11.6 Å². The molecular weight excluding hydrogens is 274 g/mol. The number of carbonyl (C=O) groups is 1. The second-order valence-electron chi connectivity index (χ2n) is 4.43. The normalized spacial score (nSPS) is 10.1. The molecule has 7 nitrogen and oxygen atoms in total. The third-order valence-corrected chi connectivity index (χ3v) is 3.07. The number of hydrogen-bond donors (Lipinski definition) is 2. The molecule has 1 aromatic carbocycles. The predicted molar refractivity (Wildman–Crippen MR) is 76.1 cm³/mol. The van der Waals surface area contributed by atoms with Crippen LogP contribution in [0.15, 0.2) is 41.2 Å². The second-order valence-corrected chi connectivity index (χ2v) is 4.43. The number of nitro benzene ring substituents is 1. The van der Waals surface area contributed by atoms with E-state index in [4.69, 9.17) is 0 Å². The maximum absolute atomic E-state index is 11.9. The highest BCUT2D eigenvalue weighted by Gasteiger charge is 2.14. The van der Waals surface area contributed by atoms with Gasteiger partial charge in [-0.25, -0.2) is 0 Å². The van der Waals surface area contributed by atoms with E-state index in [-0.39, 0.29) is 23.5 Å². The van der Waals surface area contributed by atoms with Gasteiger partial charge in [-0.05, 0) is 18.6 Å². The quantitative estimate of drug-likeness (QED) is 0.657. The maximum Gasteiger partial charge on any atom is 0.272 e. The van der Waals surface area contributed by atoms with Gasteiger partial charge in [-0.3, -0.25) is 19.7 Å². The summed E-state index contributed by atoms with van der Waals surface area (Å²) in [5.41, 5.74) is 0.940. The smallest absolute Gasteiger partial charge is 0.272 e. The molecule has 1 amide bonds. The molecule has 2 aromatic rings. The van der Waals surface area contributed by atoms with Gasteiger partial charge in [0.15, 0.2) is 0 Å². The minimum absolute atomic E-state index is 0.00914. The van der Waals surface area contributed by atoms with Crippen LogP contribution in [0, 0.1) is 17.0 Å². The zero-order chi connectivity index (χ0) is 15.4. The third-order valence-electron chi connectivity index (χ3n) is 3.07. The van der Waals surface area contributed by atoms with Crippen LogP contribution in [0.4, 0.5) is 5.69 Å². The molecule has 0 aliphatic rings. The second kappa shape index (κ2) is 6.00. The summed E-state index contributed by atoms with van der Waals surface area (Å²) in [6, 6.07) is 8.95. The van der Waals surface area contributed by atoms with Gasteiger partial charge in [0, 0.05) is 24.2 Å². The zero-order valence-corrected chi connectivity index (χ0v) is 11.3. The molecule has 7 heteroatoms. The van der Waals surface area contributed by atoms with E-state index in [0.29, 0.717) is 11.1 Å². The minimum Gasteiger partial charge on any atom is -0.347 e. The third kappa shape index (κ3) is 3.33. The molecule has 0 fully saturated rings. The minimum atomic E-state index is -0.463. The van der Waals surface area contributed by atoms with Gasteiger partial charge in [0.25, 0.3) is 11.6 Å². The van der Waals surface area contributed by atoms with E-state index in [2.05, 4.69) is 10.3 Å². The number of hydrogen-bond acceptors (Lipinski definition) is 4. The molecule has 0 bridgehead atoms. The first-order valence-corrected chi connectivity index (χ1v) is 6.19. The van der Waals surface area contributed by atoms with Gasteiger partial charge in [-0.15, -0.1) is 0 Å². The molecule has 1 aromatic heterocycles. The molecule has 0 saturated heterocycles. The van der Waals surface area contributed by atoms with E-state index in [0.717, 1.165) is 0 Å². The summed E-state index contributed by atoms with van der Waals surface area (Å²) in [7, 11) is 0. The molecular formula is C14H13N3O4. The first kappa shape index (κ1) is 14.4. The van der Waals surface area contributed by atoms with Crippen LogP contribution in [0.2, 0.25) is 0 Å². The van der Waals surface area contributed by atoms with E-state index in [1.54, 1.807) is 19.1 Å². The lowest BCUT2D eigenvalue weighted by molar-refractivity contribution is -0.385. The Morgan fingerprint density at radius 3 is 2.67 bits per heavy atom. The molecule has 0 aliphatic heterocycles. The van der Waals surface area contributed by atoms with Crippen molar-refractivity contribution < 1.29 is 9.72 Å². The van der Waals surface area contributed by atoms with Gasteiger partial charge in [0.1, 0.15) is 5.69 Å². The van der Waals surface area contributed by atoms with E-state index in [1.165, 1.54) is 24.3 Å². The van der Waals surface area contributed by atoms with Crippen LogP contribution in [0.25, 0.3) is 0 Å². The molecule has 2 rings (SSSR count). The maximum atomic E-state index is 11.9. The van der Waals surface area contributed by atoms with Crippen LogP contribution in [-0.4, -0.2) is 15.8 Å². The monoisotopic (exact) mass is 287 g/mol. The van der Waals surface area contributed by atoms with Crippen LogP contribution in [-0.2, 0) is 6.54 Å². The Balaban J connectivity index is 2.13. The summed E-state index contributed by atoms with van der Waals surface area (Å²) in [5.74, 6) is -0.446. The highest BCUT2D eigenvalue weighted by Crippen LogP contribution is 2.20. The van der Waals surface area contributed by atoms with Crippen molar-refractivity contribution in [3.05, 3.63) is 73.7 Å². The summed E-state index contributed by atoms with van der Waals surface area (Å²) < 4.78 is 0. The van der Waals surface area contributed by atoms with Crippen molar-refractivity contribution in [1.82, 2.24) is 10.3 Å². The zero-order valence-electron chi connectivity index (χ0n) is 11.3. The molecule has 2 N–H and O–H groups in total. The topological polar surface area (TPSA) is 105 Å². The van der Waals surface area contributed by atoms with E-state index >= 15 is 0 Å². The van der Waals surface area contributed by atoms with Crippen LogP contribution >= 0.6 is 0 Å². The standard InChI is InChI=1S/C14H13N3O4/c1-9-10(4-2-6-12(9)17(20)21)8-15-14(19)11-5-3-7-13(18)16-11/h2-7H,8H2,1H3,(H,15,19)(H,16,18). The summed E-state index contributed by atoms with van der Waals surface area (Å²) in [6.07, 6.45) is 0. The average Bonchev–Trinajstić information content (AvgIpc) is 2.45. The summed E-state index contributed by atoms with van der Waals surface area (Å²) in [5, 5.41) is 13.5. The van der Waals surface area contributed by atoms with Crippen molar-refractivity contribution in [2.75, 3.05) is 0 Å². The first-order valence-electron chi connectivity index (χ1n) is 6.19. The number of amides is 1. The number of pyridine rings is 1. The Morgan fingerprint density at radius 1 is 1.29 bits per heavy atom. The molecule has 0 saturated carbocycles. The molecule has 0 aliphatic carbocycles. The van der Waals surface area contributed by atoms with Crippen molar-refractivity contribution in [2.45, 2.75) is 13.5 Å². The fourth-order valence-corrected chi connectivity index (χ4v) is 1.91. The fourth-order valence-electron chi connectivity index (χ4n) is 1.91. The Hall–Kier alpha value is -2.96. The van der Waals surface area contributed by atoms with E-state index in [1.807, 2.05) is 0 Å². The van der Waals surface area contributed by atoms with Gasteiger partial charge < -0.3 is 10.3 Å². The number of nitrogens with one attached hydrogen (secondary N) is 2. The van der Waals surface area contributed by atoms with Gasteiger partial charge in [0.2, 0.25) is 5.56 Å². The Labute approximate surface area is 119 Å². The Morgan fingerprint density at radius 2 is 2.00 bits per heavy atom. The molecule has 108 valence electrons. The van der Waals surface area contributed by atoms with Gasteiger partial charge in [0.05, 0.1) is 4.92 Å². The lowest BCUT2D eigenvalue weighted by Gasteiger charge is -2.08. The number of nitro groups is 1. The van der Waals surface area contributed by atoms with Crippen molar-refractivity contribution in [3.8, 4) is 0 Å². The SMILES string of the molecule is Cc1c(CNC(=O)c2cccc(=O)[nH]2)cccc1[N+](=O)[O-]. The van der Waals surface area contributed by atoms with Gasteiger partial charge >= 0.3 is 0 Å². The summed E-state index contributed by atoms with van der Waals surface area (Å²) >= 11 is 0. The molecule has 0 unspecified atom stereocenters. The number of rotatable bonds is 4. The molecule has 21 heavy (non-hydrogen) atoms. The molecule has 0 spiro atoms. The van der Waals surface area contributed by atoms with Crippen LogP contribution in [0.3, 0.4) is 0 Å². The molecule has 0 atom stereocenters. The molecule has 0 radical (unpaired) electrons.